The SMILES string of the molecule is C=C1Oc2c(cccc2-c2ccc3c(c2)CCCC3)C/C=C\C=C/1c1ccc2[nH]c3ccc(-c4cccc5c4OC4C(C6=CC7=C(CCCC7)CC6)=CC=CC54)cc3c2c1. The lowest BCUT2D eigenvalue weighted by Crippen LogP contribution is -2.24. The molecular formula is C57H49NO2. The first-order chi connectivity index (χ1) is 29.6. The molecule has 2 atom stereocenters. The van der Waals surface area contributed by atoms with E-state index in [0.29, 0.717) is 5.76 Å². The lowest BCUT2D eigenvalue weighted by Gasteiger charge is -2.29. The van der Waals surface area contributed by atoms with Crippen molar-refractivity contribution in [2.24, 2.45) is 0 Å². The number of para-hydroxylation sites is 2. The number of hydrogen-bond donors (Lipinski definition) is 1. The van der Waals surface area contributed by atoms with E-state index in [1.165, 1.54) is 95.5 Å². The zero-order chi connectivity index (χ0) is 39.7. The molecule has 2 aliphatic heterocycles. The Morgan fingerprint density at radius 3 is 2.27 bits per heavy atom. The lowest BCUT2D eigenvalue weighted by atomic mass is 9.77. The highest BCUT2D eigenvalue weighted by molar-refractivity contribution is 6.09. The largest absolute Gasteiger partial charge is 0.484 e. The first-order valence-electron chi connectivity index (χ1n) is 22.3. The van der Waals surface area contributed by atoms with Crippen LogP contribution in [-0.2, 0) is 19.3 Å². The van der Waals surface area contributed by atoms with Crippen LogP contribution in [0.4, 0.5) is 0 Å². The van der Waals surface area contributed by atoms with Crippen molar-refractivity contribution in [3.63, 3.8) is 0 Å². The molecule has 2 unspecified atom stereocenters. The monoisotopic (exact) mass is 779 g/mol. The molecule has 0 saturated carbocycles. The van der Waals surface area contributed by atoms with E-state index in [1.807, 2.05) is 0 Å². The minimum Gasteiger partial charge on any atom is -0.484 e. The van der Waals surface area contributed by atoms with Crippen molar-refractivity contribution in [3.05, 3.63) is 196 Å². The number of aryl methyl sites for hydroxylation is 2. The Balaban J connectivity index is 0.873. The number of aromatic nitrogens is 1. The quantitative estimate of drug-likeness (QED) is 0.193. The van der Waals surface area contributed by atoms with Crippen LogP contribution in [0.3, 0.4) is 0 Å². The van der Waals surface area contributed by atoms with Gasteiger partial charge in [0.2, 0.25) is 0 Å². The minimum atomic E-state index is 0.00850. The van der Waals surface area contributed by atoms with E-state index < -0.39 is 0 Å². The fourth-order valence-electron chi connectivity index (χ4n) is 11.0. The summed E-state index contributed by atoms with van der Waals surface area (Å²) < 4.78 is 14.0. The highest BCUT2D eigenvalue weighted by Crippen LogP contribution is 2.51. The third-order valence-corrected chi connectivity index (χ3v) is 14.2. The molecule has 6 aliphatic rings. The zero-order valence-electron chi connectivity index (χ0n) is 34.2. The number of aromatic amines is 1. The Labute approximate surface area is 352 Å². The molecule has 0 bridgehead atoms. The van der Waals surface area contributed by atoms with Gasteiger partial charge in [-0.25, -0.2) is 0 Å². The summed E-state index contributed by atoms with van der Waals surface area (Å²) in [5.74, 6) is 2.78. The van der Waals surface area contributed by atoms with Crippen molar-refractivity contribution in [3.8, 4) is 33.8 Å². The summed E-state index contributed by atoms with van der Waals surface area (Å²) in [5, 5.41) is 2.36. The molecule has 3 heterocycles. The lowest BCUT2D eigenvalue weighted by molar-refractivity contribution is 0.258. The van der Waals surface area contributed by atoms with Crippen molar-refractivity contribution in [2.75, 3.05) is 0 Å². The van der Waals surface area contributed by atoms with Gasteiger partial charge in [-0.2, -0.15) is 0 Å². The van der Waals surface area contributed by atoms with Crippen LogP contribution in [0, 0.1) is 0 Å². The number of nitrogens with one attached hydrogen (secondary N) is 1. The van der Waals surface area contributed by atoms with Crippen LogP contribution in [0.15, 0.2) is 168 Å². The number of ether oxygens (including phenoxy) is 2. The van der Waals surface area contributed by atoms with Crippen LogP contribution >= 0.6 is 0 Å². The Bertz CT molecular complexity index is 2990. The van der Waals surface area contributed by atoms with Crippen LogP contribution < -0.4 is 9.47 Å². The number of benzene rings is 5. The molecule has 3 heteroatoms. The normalized spacial score (nSPS) is 22.1. The maximum absolute atomic E-state index is 7.09. The summed E-state index contributed by atoms with van der Waals surface area (Å²) in [4.78, 5) is 3.70. The van der Waals surface area contributed by atoms with Crippen LogP contribution in [0.1, 0.15) is 85.1 Å². The molecule has 12 rings (SSSR count). The predicted molar refractivity (Wildman–Crippen MR) is 248 cm³/mol. The molecular weight excluding hydrogens is 731 g/mol. The molecule has 0 radical (unpaired) electrons. The summed E-state index contributed by atoms with van der Waals surface area (Å²) >= 11 is 0. The maximum atomic E-state index is 7.09. The van der Waals surface area contributed by atoms with Crippen LogP contribution in [0.5, 0.6) is 11.5 Å². The van der Waals surface area contributed by atoms with Crippen molar-refractivity contribution in [2.45, 2.75) is 82.7 Å². The maximum Gasteiger partial charge on any atom is 0.138 e. The molecule has 0 amide bonds. The molecule has 0 saturated heterocycles. The van der Waals surface area contributed by atoms with Crippen LogP contribution in [-0.4, -0.2) is 11.1 Å². The van der Waals surface area contributed by atoms with Crippen molar-refractivity contribution in [1.82, 2.24) is 4.98 Å². The zero-order valence-corrected chi connectivity index (χ0v) is 34.2. The second-order valence-corrected chi connectivity index (χ2v) is 17.7. The highest BCUT2D eigenvalue weighted by Gasteiger charge is 2.39. The average molecular weight is 780 g/mol. The van der Waals surface area contributed by atoms with Gasteiger partial charge in [-0.15, -0.1) is 0 Å². The molecule has 6 aromatic rings. The summed E-state index contributed by atoms with van der Waals surface area (Å²) in [6, 6.07) is 33.7. The van der Waals surface area contributed by atoms with Crippen LogP contribution in [0.2, 0.25) is 0 Å². The molecule has 3 nitrogen and oxygen atoms in total. The molecule has 294 valence electrons. The van der Waals surface area contributed by atoms with E-state index in [4.69, 9.17) is 9.47 Å². The van der Waals surface area contributed by atoms with E-state index in [-0.39, 0.29) is 12.0 Å². The highest BCUT2D eigenvalue weighted by atomic mass is 16.5. The summed E-state index contributed by atoms with van der Waals surface area (Å²) in [7, 11) is 0. The molecule has 1 aromatic heterocycles. The number of fused-ring (bicyclic) bond motifs is 8. The van der Waals surface area contributed by atoms with E-state index in [2.05, 4.69) is 145 Å². The third kappa shape index (κ3) is 6.00. The van der Waals surface area contributed by atoms with E-state index >= 15 is 0 Å². The second kappa shape index (κ2) is 14.4. The Hall–Kier alpha value is -6.32. The van der Waals surface area contributed by atoms with Crippen molar-refractivity contribution < 1.29 is 9.47 Å². The predicted octanol–water partition coefficient (Wildman–Crippen LogP) is 14.6. The summed E-state index contributed by atoms with van der Waals surface area (Å²) in [5.41, 5.74) is 20.4. The first-order valence-corrected chi connectivity index (χ1v) is 22.3. The van der Waals surface area contributed by atoms with Gasteiger partial charge in [-0.05, 0) is 145 Å². The second-order valence-electron chi connectivity index (χ2n) is 17.7. The Morgan fingerprint density at radius 1 is 0.617 bits per heavy atom. The molecule has 5 aromatic carbocycles. The third-order valence-electron chi connectivity index (χ3n) is 14.2. The van der Waals surface area contributed by atoms with Gasteiger partial charge in [-0.1, -0.05) is 121 Å². The number of allylic oxidation sites excluding steroid dienone is 9. The average Bonchev–Trinajstić information content (AvgIpc) is 3.88. The molecule has 0 fully saturated rings. The van der Waals surface area contributed by atoms with E-state index in [9.17, 15) is 0 Å². The summed E-state index contributed by atoms with van der Waals surface area (Å²) in [6.45, 7) is 4.56. The molecule has 0 spiro atoms. The topological polar surface area (TPSA) is 34.2 Å². The van der Waals surface area contributed by atoms with Gasteiger partial charge in [0.05, 0.1) is 0 Å². The van der Waals surface area contributed by atoms with Crippen LogP contribution in [0.25, 0.3) is 49.6 Å². The van der Waals surface area contributed by atoms with E-state index in [1.54, 1.807) is 11.1 Å². The van der Waals surface area contributed by atoms with Crippen molar-refractivity contribution >= 4 is 27.4 Å². The smallest absolute Gasteiger partial charge is 0.138 e. The van der Waals surface area contributed by atoms with E-state index in [0.717, 1.165) is 75.2 Å². The Kier molecular flexibility index (Phi) is 8.58. The van der Waals surface area contributed by atoms with Gasteiger partial charge >= 0.3 is 0 Å². The fraction of sp³-hybridized carbons (Fsp3) is 0.228. The molecule has 1 N–H and O–H groups in total. The Morgan fingerprint density at radius 2 is 1.37 bits per heavy atom. The number of rotatable bonds is 4. The van der Waals surface area contributed by atoms with Crippen molar-refractivity contribution in [1.29, 1.82) is 0 Å². The fourth-order valence-corrected chi connectivity index (χ4v) is 11.0. The molecule has 60 heavy (non-hydrogen) atoms. The molecule has 4 aliphatic carbocycles. The first kappa shape index (κ1) is 35.6. The van der Waals surface area contributed by atoms with Gasteiger partial charge in [-0.3, -0.25) is 0 Å². The minimum absolute atomic E-state index is 0.00850. The number of hydrogen-bond acceptors (Lipinski definition) is 2. The van der Waals surface area contributed by atoms with Gasteiger partial charge in [0, 0.05) is 50.0 Å². The van der Waals surface area contributed by atoms with Gasteiger partial charge < -0.3 is 14.5 Å². The summed E-state index contributed by atoms with van der Waals surface area (Å²) in [6.07, 6.45) is 29.1. The van der Waals surface area contributed by atoms with Gasteiger partial charge in [0.15, 0.2) is 0 Å². The standard InChI is InChI=1S/C57H49NO2/c1-35-45(17-7-6-13-38-16-8-18-46(55(38)59-35)41-25-23-36-11-2-4-14-39(36)31-41)43-27-29-53-51(33-43)52-34-44(28-30-54(52)58-53)48-20-10-22-50-49-21-9-19-47(56(49)60-57(48)50)42-26-24-37-12-3-5-15-40(37)32-42/h6-10,16-23,25,27-34,49,56,58H,1-5,11-15,24,26H2/b7-6-,45-17+. The van der Waals surface area contributed by atoms with Gasteiger partial charge in [0.1, 0.15) is 23.4 Å². The van der Waals surface area contributed by atoms with Gasteiger partial charge in [0.25, 0.3) is 0 Å². The number of H-pyrrole nitrogens is 1.